The third-order valence-corrected chi connectivity index (χ3v) is 14.0. The monoisotopic (exact) mass is 690 g/mol. The summed E-state index contributed by atoms with van der Waals surface area (Å²) in [5, 5.41) is 9.49. The van der Waals surface area contributed by atoms with Gasteiger partial charge in [0, 0.05) is 30.9 Å². The lowest BCUT2D eigenvalue weighted by Gasteiger charge is -2.36. The van der Waals surface area contributed by atoms with Crippen molar-refractivity contribution in [1.82, 2.24) is 29.4 Å². The van der Waals surface area contributed by atoms with E-state index in [2.05, 4.69) is 48.8 Å². The van der Waals surface area contributed by atoms with Gasteiger partial charge in [0.15, 0.2) is 26.0 Å². The smallest absolute Gasteiger partial charge is 0.420 e. The van der Waals surface area contributed by atoms with Gasteiger partial charge in [-0.05, 0) is 82.4 Å². The van der Waals surface area contributed by atoms with Crippen LogP contribution in [0.4, 0.5) is 22.0 Å². The summed E-state index contributed by atoms with van der Waals surface area (Å²) < 4.78 is 28.0. The molecule has 0 N–H and O–H groups in total. The van der Waals surface area contributed by atoms with E-state index in [1.165, 1.54) is 11.2 Å². The van der Waals surface area contributed by atoms with Crippen LogP contribution in [0.15, 0.2) is 43.0 Å². The van der Waals surface area contributed by atoms with E-state index in [0.29, 0.717) is 49.3 Å². The number of carbonyl (C=O) groups excluding carboxylic acids is 1. The summed E-state index contributed by atoms with van der Waals surface area (Å²) in [6.45, 7) is 20.8. The Kier molecular flexibility index (Phi) is 9.86. The highest BCUT2D eigenvalue weighted by Gasteiger charge is 2.38. The van der Waals surface area contributed by atoms with Crippen LogP contribution in [0, 0.1) is 0 Å². The number of hydrogen-bond donors (Lipinski definition) is 0. The van der Waals surface area contributed by atoms with Crippen LogP contribution >= 0.6 is 0 Å². The van der Waals surface area contributed by atoms with E-state index in [1.807, 2.05) is 55.9 Å². The summed E-state index contributed by atoms with van der Waals surface area (Å²) in [6, 6.07) is 7.82. The number of rotatable bonds is 8. The van der Waals surface area contributed by atoms with Crippen LogP contribution in [-0.4, -0.2) is 82.3 Å². The number of nitrogens with zero attached hydrogens (tertiary/aromatic N) is 8. The van der Waals surface area contributed by atoms with E-state index >= 15 is 0 Å². The molecule has 13 nitrogen and oxygen atoms in total. The molecular formula is C35H50N8O5Si. The molecule has 1 atom stereocenters. The Morgan fingerprint density at radius 2 is 1.71 bits per heavy atom. The van der Waals surface area contributed by atoms with Crippen molar-refractivity contribution >= 4 is 37.3 Å². The van der Waals surface area contributed by atoms with Crippen LogP contribution in [0.25, 0.3) is 16.9 Å². The summed E-state index contributed by atoms with van der Waals surface area (Å²) in [5.74, 6) is 0.303. The van der Waals surface area contributed by atoms with Crippen molar-refractivity contribution < 1.29 is 23.4 Å². The normalized spacial score (nSPS) is 17.8. The molecule has 6 rings (SSSR count). The second kappa shape index (κ2) is 13.8. The third-order valence-electron chi connectivity index (χ3n) is 9.54. The standard InChI is InChI=1S/C35H50N8O5Si/c1-34(2,3)48-33(44)41(26-14-12-25(13-15-26)40-16-19-45-20-17-40)31-32-37-24-39-43(32)28(22-36-31)27-21-38-42(30-11-9-10-18-46-30)29(27)23-47-49(7,8)35(4,5)6/h12-15,21-22,24,30H,9-11,16-20,23H2,1-8H3. The van der Waals surface area contributed by atoms with Crippen LogP contribution in [-0.2, 0) is 25.2 Å². The minimum absolute atomic E-state index is 0.0350. The number of benzene rings is 1. The first kappa shape index (κ1) is 35.0. The van der Waals surface area contributed by atoms with E-state index in [-0.39, 0.29) is 11.3 Å². The summed E-state index contributed by atoms with van der Waals surface area (Å²) >= 11 is 0. The molecule has 264 valence electrons. The van der Waals surface area contributed by atoms with E-state index in [4.69, 9.17) is 28.7 Å². The maximum absolute atomic E-state index is 13.9. The van der Waals surface area contributed by atoms with Gasteiger partial charge in [0.1, 0.15) is 11.9 Å². The highest BCUT2D eigenvalue weighted by Crippen LogP contribution is 2.39. The third kappa shape index (κ3) is 7.52. The first-order chi connectivity index (χ1) is 23.2. The van der Waals surface area contributed by atoms with Crippen molar-refractivity contribution in [2.24, 2.45) is 0 Å². The molecule has 0 saturated carbocycles. The molecule has 1 amide bonds. The minimum atomic E-state index is -2.11. The molecule has 0 radical (unpaired) electrons. The second-order valence-electron chi connectivity index (χ2n) is 15.2. The molecule has 1 unspecified atom stereocenters. The lowest BCUT2D eigenvalue weighted by Crippen LogP contribution is -2.40. The first-order valence-corrected chi connectivity index (χ1v) is 20.1. The van der Waals surface area contributed by atoms with Gasteiger partial charge in [0.05, 0.1) is 49.3 Å². The molecule has 0 spiro atoms. The van der Waals surface area contributed by atoms with E-state index < -0.39 is 20.0 Å². The zero-order valence-corrected chi connectivity index (χ0v) is 31.1. The molecule has 49 heavy (non-hydrogen) atoms. The highest BCUT2D eigenvalue weighted by molar-refractivity contribution is 6.74. The molecule has 0 bridgehead atoms. The fraction of sp³-hybridized carbons (Fsp3) is 0.571. The summed E-state index contributed by atoms with van der Waals surface area (Å²) in [7, 11) is -2.11. The molecule has 4 aromatic rings. The molecule has 2 fully saturated rings. The summed E-state index contributed by atoms with van der Waals surface area (Å²) in [6.07, 6.45) is 7.25. The van der Waals surface area contributed by atoms with Crippen molar-refractivity contribution in [3.8, 4) is 11.3 Å². The molecule has 5 heterocycles. The fourth-order valence-corrected chi connectivity index (χ4v) is 6.71. The molecule has 3 aromatic heterocycles. The van der Waals surface area contributed by atoms with Crippen molar-refractivity contribution in [2.75, 3.05) is 42.7 Å². The minimum Gasteiger partial charge on any atom is -0.443 e. The van der Waals surface area contributed by atoms with Gasteiger partial charge in [-0.1, -0.05) is 20.8 Å². The SMILES string of the molecule is CC(C)(C)OC(=O)N(c1ccc(N2CCOCC2)cc1)c1ncc(-c2cnn(C3CCCCO3)c2CO[Si](C)(C)C(C)(C)C)n2ncnc12. The van der Waals surface area contributed by atoms with Gasteiger partial charge >= 0.3 is 6.09 Å². The molecular weight excluding hydrogens is 641 g/mol. The zero-order chi connectivity index (χ0) is 35.0. The van der Waals surface area contributed by atoms with Crippen molar-refractivity contribution in [3.05, 3.63) is 48.7 Å². The Morgan fingerprint density at radius 1 is 0.980 bits per heavy atom. The predicted molar refractivity (Wildman–Crippen MR) is 191 cm³/mol. The number of aromatic nitrogens is 6. The van der Waals surface area contributed by atoms with E-state index in [9.17, 15) is 4.79 Å². The Bertz CT molecular complexity index is 1750. The maximum atomic E-state index is 13.9. The molecule has 2 saturated heterocycles. The Morgan fingerprint density at radius 3 is 2.37 bits per heavy atom. The van der Waals surface area contributed by atoms with Gasteiger partial charge in [-0.25, -0.2) is 28.9 Å². The number of morpholine rings is 1. The van der Waals surface area contributed by atoms with Crippen LogP contribution in [0.3, 0.4) is 0 Å². The Hall–Kier alpha value is -3.85. The number of ether oxygens (including phenoxy) is 3. The Labute approximate surface area is 289 Å². The van der Waals surface area contributed by atoms with Gasteiger partial charge in [-0.15, -0.1) is 0 Å². The second-order valence-corrected chi connectivity index (χ2v) is 20.0. The summed E-state index contributed by atoms with van der Waals surface area (Å²) in [4.78, 5) is 27.1. The van der Waals surface area contributed by atoms with Crippen LogP contribution in [0.5, 0.6) is 0 Å². The van der Waals surface area contributed by atoms with E-state index in [0.717, 1.165) is 49.3 Å². The summed E-state index contributed by atoms with van der Waals surface area (Å²) in [5.41, 5.74) is 3.71. The molecule has 0 aliphatic carbocycles. The highest BCUT2D eigenvalue weighted by atomic mass is 28.4. The number of anilines is 3. The predicted octanol–water partition coefficient (Wildman–Crippen LogP) is 7.12. The van der Waals surface area contributed by atoms with Gasteiger partial charge in [0.2, 0.25) is 0 Å². The first-order valence-electron chi connectivity index (χ1n) is 17.2. The van der Waals surface area contributed by atoms with Crippen molar-refractivity contribution in [1.29, 1.82) is 0 Å². The quantitative estimate of drug-likeness (QED) is 0.177. The van der Waals surface area contributed by atoms with Crippen LogP contribution in [0.2, 0.25) is 18.1 Å². The average molecular weight is 691 g/mol. The zero-order valence-electron chi connectivity index (χ0n) is 30.1. The Balaban J connectivity index is 1.42. The van der Waals surface area contributed by atoms with Crippen LogP contribution < -0.4 is 9.80 Å². The van der Waals surface area contributed by atoms with Crippen LogP contribution in [0.1, 0.15) is 72.7 Å². The number of fused-ring (bicyclic) bond motifs is 1. The molecule has 1 aromatic carbocycles. The van der Waals surface area contributed by atoms with Gasteiger partial charge in [-0.2, -0.15) is 10.2 Å². The van der Waals surface area contributed by atoms with E-state index in [1.54, 1.807) is 10.7 Å². The number of carbonyl (C=O) groups is 1. The van der Waals surface area contributed by atoms with Crippen molar-refractivity contribution in [2.45, 2.75) is 97.4 Å². The fourth-order valence-electron chi connectivity index (χ4n) is 5.78. The van der Waals surface area contributed by atoms with Gasteiger partial charge in [-0.3, -0.25) is 0 Å². The largest absolute Gasteiger partial charge is 0.443 e. The lowest BCUT2D eigenvalue weighted by atomic mass is 10.1. The molecule has 14 heteroatoms. The van der Waals surface area contributed by atoms with Crippen molar-refractivity contribution in [3.63, 3.8) is 0 Å². The topological polar surface area (TPSA) is 121 Å². The number of amides is 1. The van der Waals surface area contributed by atoms with Gasteiger partial charge < -0.3 is 23.5 Å². The number of hydrogen-bond acceptors (Lipinski definition) is 10. The maximum Gasteiger partial charge on any atom is 0.420 e. The lowest BCUT2D eigenvalue weighted by molar-refractivity contribution is -0.0424. The van der Waals surface area contributed by atoms with Gasteiger partial charge in [0.25, 0.3) is 0 Å². The average Bonchev–Trinajstić information content (AvgIpc) is 3.72. The molecule has 2 aliphatic heterocycles. The molecule has 2 aliphatic rings.